The first-order valence-electron chi connectivity index (χ1n) is 6.66. The smallest absolute Gasteiger partial charge is 0.225 e. The van der Waals surface area contributed by atoms with Crippen molar-refractivity contribution in [2.45, 2.75) is 32.7 Å². The third kappa shape index (κ3) is 3.11. The lowest BCUT2D eigenvalue weighted by molar-refractivity contribution is 0.0684. The normalized spacial score (nSPS) is 17.0. The Morgan fingerprint density at radius 1 is 1.50 bits per heavy atom. The second-order valence-electron chi connectivity index (χ2n) is 4.92. The van der Waals surface area contributed by atoms with Crippen LogP contribution in [0.2, 0.25) is 0 Å². The number of aromatic nitrogens is 3. The predicted molar refractivity (Wildman–Crippen MR) is 74.5 cm³/mol. The monoisotopic (exact) mass is 270 g/mol. The van der Waals surface area contributed by atoms with E-state index >= 15 is 0 Å². The number of ether oxygens (including phenoxy) is 1. The minimum Gasteiger partial charge on any atom is -0.381 e. The van der Waals surface area contributed by atoms with Crippen molar-refractivity contribution in [1.82, 2.24) is 14.8 Å². The van der Waals surface area contributed by atoms with E-state index in [0.29, 0.717) is 10.7 Å². The van der Waals surface area contributed by atoms with Gasteiger partial charge in [0.05, 0.1) is 0 Å². The molecule has 1 aliphatic heterocycles. The second-order valence-corrected chi connectivity index (χ2v) is 5.30. The lowest BCUT2D eigenvalue weighted by atomic mass is 10.0. The van der Waals surface area contributed by atoms with Crippen LogP contribution in [0.5, 0.6) is 0 Å². The highest BCUT2D eigenvalue weighted by Gasteiger charge is 2.18. The standard InChI is InChI=1S/C12H22N4OS/c1-3-6-16-11(13-14-12(16)18)15(2)9-10-4-7-17-8-5-10/h10H,3-9H2,1-2H3,(H,14,18). The van der Waals surface area contributed by atoms with Gasteiger partial charge in [0, 0.05) is 33.4 Å². The van der Waals surface area contributed by atoms with Crippen LogP contribution < -0.4 is 4.90 Å². The molecule has 1 aromatic heterocycles. The number of nitrogens with zero attached hydrogens (tertiary/aromatic N) is 3. The second kappa shape index (κ2) is 6.33. The van der Waals surface area contributed by atoms with E-state index in [2.05, 4.69) is 33.6 Å². The van der Waals surface area contributed by atoms with Gasteiger partial charge in [0.2, 0.25) is 5.95 Å². The van der Waals surface area contributed by atoms with Gasteiger partial charge in [-0.3, -0.25) is 4.57 Å². The van der Waals surface area contributed by atoms with Crippen molar-refractivity contribution in [3.63, 3.8) is 0 Å². The van der Waals surface area contributed by atoms with E-state index in [9.17, 15) is 0 Å². The largest absolute Gasteiger partial charge is 0.381 e. The summed E-state index contributed by atoms with van der Waals surface area (Å²) >= 11 is 5.26. The van der Waals surface area contributed by atoms with Gasteiger partial charge in [-0.05, 0) is 37.4 Å². The molecular formula is C12H22N4OS. The number of hydrogen-bond donors (Lipinski definition) is 1. The summed E-state index contributed by atoms with van der Waals surface area (Å²) in [6.45, 7) is 5.87. The van der Waals surface area contributed by atoms with Crippen molar-refractivity contribution in [1.29, 1.82) is 0 Å². The molecule has 1 saturated heterocycles. The van der Waals surface area contributed by atoms with Gasteiger partial charge in [-0.25, -0.2) is 5.10 Å². The molecule has 0 radical (unpaired) electrons. The van der Waals surface area contributed by atoms with Crippen LogP contribution in [0, 0.1) is 10.7 Å². The van der Waals surface area contributed by atoms with Gasteiger partial charge < -0.3 is 9.64 Å². The predicted octanol–water partition coefficient (Wildman–Crippen LogP) is 2.21. The molecule has 6 heteroatoms. The summed E-state index contributed by atoms with van der Waals surface area (Å²) < 4.78 is 8.18. The van der Waals surface area contributed by atoms with E-state index in [1.54, 1.807) is 0 Å². The lowest BCUT2D eigenvalue weighted by Crippen LogP contribution is -2.31. The van der Waals surface area contributed by atoms with E-state index < -0.39 is 0 Å². The van der Waals surface area contributed by atoms with E-state index in [4.69, 9.17) is 17.0 Å². The Morgan fingerprint density at radius 2 is 2.22 bits per heavy atom. The molecule has 1 aromatic rings. The first kappa shape index (κ1) is 13.5. The fraction of sp³-hybridized carbons (Fsp3) is 0.833. The SMILES string of the molecule is CCCn1c(N(C)CC2CCOCC2)n[nH]c1=S. The number of hydrogen-bond acceptors (Lipinski definition) is 4. The topological polar surface area (TPSA) is 46.1 Å². The van der Waals surface area contributed by atoms with Crippen LogP contribution in [0.1, 0.15) is 26.2 Å². The zero-order valence-electron chi connectivity index (χ0n) is 11.2. The summed E-state index contributed by atoms with van der Waals surface area (Å²) in [7, 11) is 2.09. The Labute approximate surface area is 113 Å². The van der Waals surface area contributed by atoms with Crippen LogP contribution in [0.25, 0.3) is 0 Å². The maximum absolute atomic E-state index is 5.39. The van der Waals surface area contributed by atoms with E-state index in [-0.39, 0.29) is 0 Å². The number of nitrogens with one attached hydrogen (secondary N) is 1. The molecule has 0 aliphatic carbocycles. The molecule has 1 N–H and O–H groups in total. The lowest BCUT2D eigenvalue weighted by Gasteiger charge is -2.27. The molecule has 0 saturated carbocycles. The van der Waals surface area contributed by atoms with Gasteiger partial charge in [-0.2, -0.15) is 0 Å². The summed E-state index contributed by atoms with van der Waals surface area (Å²) in [5.74, 6) is 1.65. The molecule has 2 heterocycles. The fourth-order valence-electron chi connectivity index (χ4n) is 2.42. The molecule has 0 unspecified atom stereocenters. The Morgan fingerprint density at radius 3 is 2.89 bits per heavy atom. The first-order valence-corrected chi connectivity index (χ1v) is 7.07. The van der Waals surface area contributed by atoms with Crippen LogP contribution >= 0.6 is 12.2 Å². The van der Waals surface area contributed by atoms with Gasteiger partial charge in [0.1, 0.15) is 0 Å². The summed E-state index contributed by atoms with van der Waals surface area (Å²) in [4.78, 5) is 2.21. The van der Waals surface area contributed by atoms with Crippen molar-refractivity contribution in [2.24, 2.45) is 5.92 Å². The van der Waals surface area contributed by atoms with Crippen LogP contribution in [0.3, 0.4) is 0 Å². The van der Waals surface area contributed by atoms with Gasteiger partial charge in [-0.15, -0.1) is 5.10 Å². The minimum atomic E-state index is 0.698. The van der Waals surface area contributed by atoms with E-state index in [0.717, 1.165) is 51.5 Å². The number of rotatable bonds is 5. The van der Waals surface area contributed by atoms with Crippen molar-refractivity contribution < 1.29 is 4.74 Å². The molecule has 1 fully saturated rings. The molecule has 0 bridgehead atoms. The Hall–Kier alpha value is -0.880. The quantitative estimate of drug-likeness (QED) is 0.833. The van der Waals surface area contributed by atoms with Gasteiger partial charge in [0.15, 0.2) is 4.77 Å². The number of aromatic amines is 1. The fourth-order valence-corrected chi connectivity index (χ4v) is 2.64. The molecule has 0 spiro atoms. The van der Waals surface area contributed by atoms with Crippen molar-refractivity contribution in [2.75, 3.05) is 31.7 Å². The molecule has 0 amide bonds. The summed E-state index contributed by atoms with van der Waals surface area (Å²) in [6.07, 6.45) is 3.35. The number of anilines is 1. The number of H-pyrrole nitrogens is 1. The summed E-state index contributed by atoms with van der Waals surface area (Å²) in [5.41, 5.74) is 0. The molecular weight excluding hydrogens is 248 g/mol. The Kier molecular flexibility index (Phi) is 4.77. The molecule has 5 nitrogen and oxygen atoms in total. The molecule has 18 heavy (non-hydrogen) atoms. The van der Waals surface area contributed by atoms with Crippen LogP contribution in [0.4, 0.5) is 5.95 Å². The van der Waals surface area contributed by atoms with E-state index in [1.165, 1.54) is 0 Å². The average molecular weight is 270 g/mol. The van der Waals surface area contributed by atoms with Gasteiger partial charge in [-0.1, -0.05) is 6.92 Å². The van der Waals surface area contributed by atoms with Crippen molar-refractivity contribution in [3.05, 3.63) is 4.77 Å². The third-order valence-electron chi connectivity index (χ3n) is 3.40. The zero-order valence-corrected chi connectivity index (χ0v) is 12.0. The van der Waals surface area contributed by atoms with Gasteiger partial charge >= 0.3 is 0 Å². The first-order chi connectivity index (χ1) is 8.72. The van der Waals surface area contributed by atoms with Crippen molar-refractivity contribution in [3.8, 4) is 0 Å². The van der Waals surface area contributed by atoms with E-state index in [1.807, 2.05) is 0 Å². The van der Waals surface area contributed by atoms with Crippen LogP contribution in [-0.2, 0) is 11.3 Å². The average Bonchev–Trinajstić information content (AvgIpc) is 2.73. The van der Waals surface area contributed by atoms with Crippen LogP contribution in [0.15, 0.2) is 0 Å². The molecule has 2 rings (SSSR count). The van der Waals surface area contributed by atoms with Gasteiger partial charge in [0.25, 0.3) is 0 Å². The highest BCUT2D eigenvalue weighted by atomic mass is 32.1. The zero-order chi connectivity index (χ0) is 13.0. The maximum atomic E-state index is 5.39. The molecule has 102 valence electrons. The minimum absolute atomic E-state index is 0.698. The van der Waals surface area contributed by atoms with Crippen LogP contribution in [-0.4, -0.2) is 41.6 Å². The Bertz CT molecular complexity index is 422. The highest BCUT2D eigenvalue weighted by Crippen LogP contribution is 2.19. The molecule has 0 aromatic carbocycles. The summed E-state index contributed by atoms with van der Waals surface area (Å²) in [6, 6.07) is 0. The summed E-state index contributed by atoms with van der Waals surface area (Å²) in [5, 5.41) is 7.23. The molecule has 1 aliphatic rings. The highest BCUT2D eigenvalue weighted by molar-refractivity contribution is 7.71. The van der Waals surface area contributed by atoms with Crippen molar-refractivity contribution >= 4 is 18.2 Å². The third-order valence-corrected chi connectivity index (χ3v) is 3.71. The Balaban J connectivity index is 2.03. The molecule has 0 atom stereocenters. The maximum Gasteiger partial charge on any atom is 0.225 e.